The van der Waals surface area contributed by atoms with Crippen LogP contribution in [0.5, 0.6) is 0 Å². The average molecular weight is 287 g/mol. The molecule has 0 aliphatic rings. The molecule has 0 unspecified atom stereocenters. The van der Waals surface area contributed by atoms with Crippen molar-refractivity contribution in [1.82, 2.24) is 0 Å². The summed E-state index contributed by atoms with van der Waals surface area (Å²) in [6.45, 7) is 1.48. The van der Waals surface area contributed by atoms with Crippen LogP contribution >= 0.6 is 27.7 Å². The lowest BCUT2D eigenvalue weighted by Crippen LogP contribution is -1.85. The normalized spacial score (nSPS) is 9.27. The predicted octanol–water partition coefficient (Wildman–Crippen LogP) is 3.22. The Morgan fingerprint density at radius 1 is 1.60 bits per heavy atom. The molecule has 0 saturated heterocycles. The molecule has 0 aromatic heterocycles. The Labute approximate surface area is 101 Å². The van der Waals surface area contributed by atoms with Gasteiger partial charge in [0.05, 0.1) is 11.3 Å². The molecule has 0 aliphatic carbocycles. The third-order valence-corrected chi connectivity index (χ3v) is 2.69. The highest BCUT2D eigenvalue weighted by molar-refractivity contribution is 9.10. The van der Waals surface area contributed by atoms with Gasteiger partial charge in [0.1, 0.15) is 5.82 Å². The van der Waals surface area contributed by atoms with Gasteiger partial charge in [-0.05, 0) is 18.2 Å². The summed E-state index contributed by atoms with van der Waals surface area (Å²) >= 11 is 4.28. The first-order chi connectivity index (χ1) is 7.09. The zero-order valence-electron chi connectivity index (χ0n) is 8.01. The summed E-state index contributed by atoms with van der Waals surface area (Å²) in [5.41, 5.74) is 0.349. The van der Waals surface area contributed by atoms with E-state index in [2.05, 4.69) is 27.8 Å². The molecule has 0 fully saturated rings. The van der Waals surface area contributed by atoms with E-state index < -0.39 is 0 Å². The van der Waals surface area contributed by atoms with Crippen molar-refractivity contribution in [3.8, 4) is 11.8 Å². The molecular formula is C11H8BrFOS. The van der Waals surface area contributed by atoms with Gasteiger partial charge in [-0.15, -0.1) is 0 Å². The van der Waals surface area contributed by atoms with Crippen molar-refractivity contribution >= 4 is 32.8 Å². The van der Waals surface area contributed by atoms with Crippen LogP contribution in [0.2, 0.25) is 0 Å². The Hall–Kier alpha value is -0.790. The Bertz CT molecular complexity index is 434. The fourth-order valence-electron chi connectivity index (χ4n) is 0.860. The van der Waals surface area contributed by atoms with Gasteiger partial charge in [0.2, 0.25) is 0 Å². The van der Waals surface area contributed by atoms with E-state index in [-0.39, 0.29) is 10.9 Å². The zero-order chi connectivity index (χ0) is 11.3. The van der Waals surface area contributed by atoms with E-state index in [1.807, 2.05) is 0 Å². The van der Waals surface area contributed by atoms with Crippen molar-refractivity contribution in [2.75, 3.05) is 5.75 Å². The van der Waals surface area contributed by atoms with Gasteiger partial charge in [0.25, 0.3) is 0 Å². The van der Waals surface area contributed by atoms with Gasteiger partial charge in [-0.3, -0.25) is 4.79 Å². The van der Waals surface area contributed by atoms with Crippen molar-refractivity contribution in [2.45, 2.75) is 6.92 Å². The van der Waals surface area contributed by atoms with Gasteiger partial charge < -0.3 is 0 Å². The van der Waals surface area contributed by atoms with E-state index >= 15 is 0 Å². The molecule has 1 aromatic rings. The van der Waals surface area contributed by atoms with Gasteiger partial charge in [0, 0.05) is 11.4 Å². The van der Waals surface area contributed by atoms with Crippen LogP contribution in [0.25, 0.3) is 0 Å². The maximum atomic E-state index is 13.2. The lowest BCUT2D eigenvalue weighted by molar-refractivity contribution is -0.109. The second kappa shape index (κ2) is 5.94. The molecule has 15 heavy (non-hydrogen) atoms. The summed E-state index contributed by atoms with van der Waals surface area (Å²) < 4.78 is 13.9. The topological polar surface area (TPSA) is 17.1 Å². The molecule has 0 spiro atoms. The fourth-order valence-corrected chi connectivity index (χ4v) is 1.54. The summed E-state index contributed by atoms with van der Waals surface area (Å²) in [6.07, 6.45) is 0. The fraction of sp³-hybridized carbons (Fsp3) is 0.182. The first kappa shape index (κ1) is 12.3. The summed E-state index contributed by atoms with van der Waals surface area (Å²) in [6, 6.07) is 4.69. The average Bonchev–Trinajstić information content (AvgIpc) is 2.14. The smallest absolute Gasteiger partial charge is 0.186 e. The Morgan fingerprint density at radius 3 is 2.93 bits per heavy atom. The molecule has 0 aliphatic heterocycles. The van der Waals surface area contributed by atoms with Crippen molar-refractivity contribution < 1.29 is 9.18 Å². The van der Waals surface area contributed by atoms with Gasteiger partial charge >= 0.3 is 0 Å². The third kappa shape index (κ3) is 4.50. The minimum Gasteiger partial charge on any atom is -0.288 e. The first-order valence-corrected chi connectivity index (χ1v) is 5.95. The van der Waals surface area contributed by atoms with E-state index in [9.17, 15) is 9.18 Å². The van der Waals surface area contributed by atoms with Gasteiger partial charge in [-0.2, -0.15) is 0 Å². The summed E-state index contributed by atoms with van der Waals surface area (Å²) in [4.78, 5) is 10.6. The SMILES string of the molecule is CC(=O)SCC#Cc1ccc(Br)cc1F. The second-order valence-corrected chi connectivity index (χ2v) is 4.77. The summed E-state index contributed by atoms with van der Waals surface area (Å²) in [7, 11) is 0. The summed E-state index contributed by atoms with van der Waals surface area (Å²) in [5, 5.41) is 0.0144. The molecule has 0 radical (unpaired) electrons. The Balaban J connectivity index is 2.67. The predicted molar refractivity (Wildman–Crippen MR) is 64.1 cm³/mol. The number of rotatable bonds is 1. The Kier molecular flexibility index (Phi) is 4.86. The van der Waals surface area contributed by atoms with Crippen LogP contribution in [-0.2, 0) is 4.79 Å². The number of thioether (sulfide) groups is 1. The van der Waals surface area contributed by atoms with Crippen LogP contribution < -0.4 is 0 Å². The Morgan fingerprint density at radius 2 is 2.33 bits per heavy atom. The number of carbonyl (C=O) groups is 1. The van der Waals surface area contributed by atoms with Gasteiger partial charge in [-0.25, -0.2) is 4.39 Å². The highest BCUT2D eigenvalue weighted by Gasteiger charge is 1.98. The maximum Gasteiger partial charge on any atom is 0.186 e. The number of hydrogen-bond acceptors (Lipinski definition) is 2. The van der Waals surface area contributed by atoms with E-state index in [1.54, 1.807) is 12.1 Å². The van der Waals surface area contributed by atoms with E-state index in [4.69, 9.17) is 0 Å². The maximum absolute atomic E-state index is 13.2. The van der Waals surface area contributed by atoms with Gasteiger partial charge in [-0.1, -0.05) is 39.5 Å². The molecule has 0 amide bonds. The lowest BCUT2D eigenvalue weighted by atomic mass is 10.2. The highest BCUT2D eigenvalue weighted by Crippen LogP contribution is 2.14. The minimum absolute atomic E-state index is 0.0144. The van der Waals surface area contributed by atoms with Crippen molar-refractivity contribution in [3.63, 3.8) is 0 Å². The van der Waals surface area contributed by atoms with Crippen molar-refractivity contribution in [3.05, 3.63) is 34.1 Å². The number of halogens is 2. The molecule has 1 aromatic carbocycles. The van der Waals surface area contributed by atoms with Crippen LogP contribution in [0, 0.1) is 17.7 Å². The molecule has 1 nitrogen and oxygen atoms in total. The largest absolute Gasteiger partial charge is 0.288 e. The number of carbonyl (C=O) groups excluding carboxylic acids is 1. The van der Waals surface area contributed by atoms with Crippen molar-refractivity contribution in [2.24, 2.45) is 0 Å². The van der Waals surface area contributed by atoms with Crippen LogP contribution in [0.1, 0.15) is 12.5 Å². The lowest BCUT2D eigenvalue weighted by Gasteiger charge is -1.94. The van der Waals surface area contributed by atoms with Crippen LogP contribution in [0.15, 0.2) is 22.7 Å². The highest BCUT2D eigenvalue weighted by atomic mass is 79.9. The van der Waals surface area contributed by atoms with Crippen molar-refractivity contribution in [1.29, 1.82) is 0 Å². The molecule has 1 rings (SSSR count). The number of benzene rings is 1. The monoisotopic (exact) mass is 286 g/mol. The molecule has 0 N–H and O–H groups in total. The van der Waals surface area contributed by atoms with E-state index in [1.165, 1.54) is 13.0 Å². The molecule has 4 heteroatoms. The first-order valence-electron chi connectivity index (χ1n) is 4.17. The summed E-state index contributed by atoms with van der Waals surface area (Å²) in [5.74, 6) is 5.44. The second-order valence-electron chi connectivity index (χ2n) is 2.71. The molecule has 0 heterocycles. The molecule has 0 bridgehead atoms. The molecule has 0 atom stereocenters. The molecular weight excluding hydrogens is 279 g/mol. The minimum atomic E-state index is -0.357. The molecule has 0 saturated carbocycles. The zero-order valence-corrected chi connectivity index (χ0v) is 10.4. The van der Waals surface area contributed by atoms with Crippen LogP contribution in [0.3, 0.4) is 0 Å². The molecule has 78 valence electrons. The van der Waals surface area contributed by atoms with E-state index in [0.29, 0.717) is 15.8 Å². The number of hydrogen-bond donors (Lipinski definition) is 0. The standard InChI is InChI=1S/C11H8BrFOS/c1-8(14)15-6-2-3-9-4-5-10(12)7-11(9)13/h4-5,7H,6H2,1H3. The quantitative estimate of drug-likeness (QED) is 0.738. The van der Waals surface area contributed by atoms with Gasteiger partial charge in [0.15, 0.2) is 5.12 Å². The van der Waals surface area contributed by atoms with Crippen LogP contribution in [-0.4, -0.2) is 10.9 Å². The van der Waals surface area contributed by atoms with Crippen LogP contribution in [0.4, 0.5) is 4.39 Å². The third-order valence-electron chi connectivity index (χ3n) is 1.50. The van der Waals surface area contributed by atoms with E-state index in [0.717, 1.165) is 11.8 Å².